The minimum absolute atomic E-state index is 0.327. The molecule has 0 spiro atoms. The van der Waals surface area contributed by atoms with E-state index in [0.717, 1.165) is 5.56 Å². The van der Waals surface area contributed by atoms with Crippen LogP contribution in [0.4, 0.5) is 5.69 Å². The fraction of sp³-hybridized carbons (Fsp3) is 0.273. The third-order valence-electron chi connectivity index (χ3n) is 4.70. The van der Waals surface area contributed by atoms with Gasteiger partial charge in [-0.25, -0.2) is 0 Å². The van der Waals surface area contributed by atoms with Gasteiger partial charge in [0.15, 0.2) is 0 Å². The first-order valence-electron chi connectivity index (χ1n) is 9.05. The number of fused-ring (bicyclic) bond motifs is 1. The molecule has 0 saturated carbocycles. The van der Waals surface area contributed by atoms with Crippen LogP contribution < -0.4 is 9.64 Å². The fourth-order valence-electron chi connectivity index (χ4n) is 3.33. The van der Waals surface area contributed by atoms with E-state index in [2.05, 4.69) is 6.58 Å². The molecule has 2 amide bonds. The number of hydrogen-bond acceptors (Lipinski definition) is 3. The summed E-state index contributed by atoms with van der Waals surface area (Å²) in [5.41, 5.74) is 0.0585. The number of para-hydroxylation sites is 2. The second kappa shape index (κ2) is 7.66. The summed E-state index contributed by atoms with van der Waals surface area (Å²) in [4.78, 5) is 29.8. The Morgan fingerprint density at radius 2 is 1.85 bits per heavy atom. The number of carbonyl (C=O) groups excluding carboxylic acids is 2. The van der Waals surface area contributed by atoms with Gasteiger partial charge in [-0.3, -0.25) is 9.59 Å². The summed E-state index contributed by atoms with van der Waals surface area (Å²) in [5.74, 6) is -0.187. The Kier molecular flexibility index (Phi) is 5.31. The zero-order valence-corrected chi connectivity index (χ0v) is 15.7. The van der Waals surface area contributed by atoms with E-state index < -0.39 is 5.60 Å². The molecule has 0 radical (unpaired) electrons. The fourth-order valence-corrected chi connectivity index (χ4v) is 3.33. The van der Waals surface area contributed by atoms with Gasteiger partial charge in [-0.15, -0.1) is 6.58 Å². The number of anilines is 1. The molecule has 0 saturated heterocycles. The van der Waals surface area contributed by atoms with Gasteiger partial charge < -0.3 is 14.5 Å². The summed E-state index contributed by atoms with van der Waals surface area (Å²) in [5, 5.41) is 0. The predicted molar refractivity (Wildman–Crippen MR) is 106 cm³/mol. The number of amides is 2. The van der Waals surface area contributed by atoms with Crippen LogP contribution in [0.1, 0.15) is 19.4 Å². The smallest absolute Gasteiger partial charge is 0.280 e. The molecular weight excluding hydrogens is 340 g/mol. The van der Waals surface area contributed by atoms with Crippen LogP contribution in [0.2, 0.25) is 0 Å². The molecule has 1 unspecified atom stereocenters. The van der Waals surface area contributed by atoms with Crippen molar-refractivity contribution in [3.05, 3.63) is 72.8 Å². The van der Waals surface area contributed by atoms with Crippen molar-refractivity contribution in [1.29, 1.82) is 0 Å². The molecule has 1 atom stereocenters. The van der Waals surface area contributed by atoms with Crippen molar-refractivity contribution in [1.82, 2.24) is 4.90 Å². The molecule has 1 aliphatic rings. The molecule has 1 aliphatic heterocycles. The second-order valence-electron chi connectivity index (χ2n) is 6.61. The van der Waals surface area contributed by atoms with E-state index in [1.54, 1.807) is 28.9 Å². The van der Waals surface area contributed by atoms with E-state index >= 15 is 0 Å². The maximum Gasteiger partial charge on any atom is 0.280 e. The van der Waals surface area contributed by atoms with Crippen molar-refractivity contribution in [3.63, 3.8) is 0 Å². The minimum atomic E-state index is -1.61. The Labute approximate surface area is 159 Å². The van der Waals surface area contributed by atoms with Crippen LogP contribution in [0.25, 0.3) is 0 Å². The molecule has 2 aromatic carbocycles. The molecule has 2 aromatic rings. The van der Waals surface area contributed by atoms with E-state index in [9.17, 15) is 9.59 Å². The highest BCUT2D eigenvalue weighted by Crippen LogP contribution is 2.38. The van der Waals surface area contributed by atoms with Crippen LogP contribution in [0.5, 0.6) is 5.75 Å². The Bertz CT molecular complexity index is 850. The van der Waals surface area contributed by atoms with Gasteiger partial charge >= 0.3 is 0 Å². The molecule has 0 bridgehead atoms. The van der Waals surface area contributed by atoms with Crippen molar-refractivity contribution < 1.29 is 14.3 Å². The van der Waals surface area contributed by atoms with E-state index in [0.29, 0.717) is 31.1 Å². The lowest BCUT2D eigenvalue weighted by Gasteiger charge is -2.41. The third kappa shape index (κ3) is 3.45. The number of rotatable bonds is 6. The highest BCUT2D eigenvalue weighted by atomic mass is 16.5. The molecule has 3 rings (SSSR count). The standard InChI is InChI=1S/C22H24N2O3/c1-4-15-23(16-17-11-7-6-8-12-17)20(25)22(3)21(26)24(5-2)18-13-9-10-14-19(18)27-22/h4,6-14H,1,5,15-16H2,2-3H3. The van der Waals surface area contributed by atoms with Gasteiger partial charge in [0.05, 0.1) is 5.69 Å². The first kappa shape index (κ1) is 18.7. The predicted octanol–water partition coefficient (Wildman–Crippen LogP) is 3.41. The zero-order chi connectivity index (χ0) is 19.4. The van der Waals surface area contributed by atoms with Crippen LogP contribution in [0, 0.1) is 0 Å². The first-order valence-corrected chi connectivity index (χ1v) is 9.05. The molecular formula is C22H24N2O3. The summed E-state index contributed by atoms with van der Waals surface area (Å²) in [6, 6.07) is 17.0. The van der Waals surface area contributed by atoms with Crippen LogP contribution in [-0.4, -0.2) is 35.4 Å². The lowest BCUT2D eigenvalue weighted by Crippen LogP contribution is -2.62. The van der Waals surface area contributed by atoms with Crippen LogP contribution >= 0.6 is 0 Å². The normalized spacial score (nSPS) is 18.4. The molecule has 0 N–H and O–H groups in total. The molecule has 140 valence electrons. The number of likely N-dealkylation sites (N-methyl/N-ethyl adjacent to an activating group) is 1. The quantitative estimate of drug-likeness (QED) is 0.583. The van der Waals surface area contributed by atoms with Crippen LogP contribution in [0.15, 0.2) is 67.3 Å². The van der Waals surface area contributed by atoms with Gasteiger partial charge in [-0.05, 0) is 31.5 Å². The average Bonchev–Trinajstić information content (AvgIpc) is 2.69. The molecule has 0 fully saturated rings. The molecule has 0 aromatic heterocycles. The average molecular weight is 364 g/mol. The number of carbonyl (C=O) groups is 2. The molecule has 5 heteroatoms. The van der Waals surface area contributed by atoms with Gasteiger partial charge in [0, 0.05) is 19.6 Å². The Morgan fingerprint density at radius 3 is 2.52 bits per heavy atom. The summed E-state index contributed by atoms with van der Waals surface area (Å²) in [6.45, 7) is 8.35. The maximum absolute atomic E-state index is 13.4. The number of benzene rings is 2. The highest BCUT2D eigenvalue weighted by molar-refractivity contribution is 6.16. The van der Waals surface area contributed by atoms with Crippen molar-refractivity contribution in [2.75, 3.05) is 18.0 Å². The van der Waals surface area contributed by atoms with Gasteiger partial charge in [0.2, 0.25) is 0 Å². The summed E-state index contributed by atoms with van der Waals surface area (Å²) < 4.78 is 5.97. The lowest BCUT2D eigenvalue weighted by atomic mass is 9.98. The highest BCUT2D eigenvalue weighted by Gasteiger charge is 2.51. The van der Waals surface area contributed by atoms with Gasteiger partial charge in [0.1, 0.15) is 5.75 Å². The van der Waals surface area contributed by atoms with Crippen LogP contribution in [0.3, 0.4) is 0 Å². The van der Waals surface area contributed by atoms with Crippen molar-refractivity contribution >= 4 is 17.5 Å². The SMILES string of the molecule is C=CCN(Cc1ccccc1)C(=O)C1(C)Oc2ccccc2N(CC)C1=O. The minimum Gasteiger partial charge on any atom is -0.465 e. The summed E-state index contributed by atoms with van der Waals surface area (Å²) in [6.07, 6.45) is 1.66. The van der Waals surface area contributed by atoms with Crippen molar-refractivity contribution in [3.8, 4) is 5.75 Å². The topological polar surface area (TPSA) is 49.9 Å². The van der Waals surface area contributed by atoms with Crippen molar-refractivity contribution in [2.24, 2.45) is 0 Å². The van der Waals surface area contributed by atoms with Crippen molar-refractivity contribution in [2.45, 2.75) is 26.0 Å². The Morgan fingerprint density at radius 1 is 1.19 bits per heavy atom. The van der Waals surface area contributed by atoms with E-state index in [-0.39, 0.29) is 11.8 Å². The monoisotopic (exact) mass is 364 g/mol. The molecule has 5 nitrogen and oxygen atoms in total. The van der Waals surface area contributed by atoms with E-state index in [1.165, 1.54) is 0 Å². The van der Waals surface area contributed by atoms with E-state index in [4.69, 9.17) is 4.74 Å². The third-order valence-corrected chi connectivity index (χ3v) is 4.70. The Hall–Kier alpha value is -3.08. The molecule has 27 heavy (non-hydrogen) atoms. The van der Waals surface area contributed by atoms with Gasteiger partial charge in [-0.1, -0.05) is 48.5 Å². The molecule has 0 aliphatic carbocycles. The summed E-state index contributed by atoms with van der Waals surface area (Å²) in [7, 11) is 0. The summed E-state index contributed by atoms with van der Waals surface area (Å²) >= 11 is 0. The first-order chi connectivity index (χ1) is 13.0. The number of nitrogens with zero attached hydrogens (tertiary/aromatic N) is 2. The largest absolute Gasteiger partial charge is 0.465 e. The van der Waals surface area contributed by atoms with E-state index in [1.807, 2.05) is 55.5 Å². The number of ether oxygens (including phenoxy) is 1. The maximum atomic E-state index is 13.4. The van der Waals surface area contributed by atoms with Gasteiger partial charge in [0.25, 0.3) is 17.4 Å². The Balaban J connectivity index is 1.95. The molecule has 1 heterocycles. The number of hydrogen-bond donors (Lipinski definition) is 0. The van der Waals surface area contributed by atoms with Gasteiger partial charge in [-0.2, -0.15) is 0 Å². The van der Waals surface area contributed by atoms with Crippen LogP contribution in [-0.2, 0) is 16.1 Å². The zero-order valence-electron chi connectivity index (χ0n) is 15.7. The lowest BCUT2D eigenvalue weighted by molar-refractivity contribution is -0.156. The second-order valence-corrected chi connectivity index (χ2v) is 6.61.